The second-order valence-corrected chi connectivity index (χ2v) is 15.6. The van der Waals surface area contributed by atoms with Crippen LogP contribution in [0.25, 0.3) is 93.8 Å². The van der Waals surface area contributed by atoms with Gasteiger partial charge in [0.25, 0.3) is 0 Å². The summed E-state index contributed by atoms with van der Waals surface area (Å²) in [5.74, 6) is 0.635. The maximum Gasteiger partial charge on any atom is 0.227 e. The SMILES string of the molecule is c1ccc(-c2nc3c(ccc4cc(-c5ccc(N(c6ccc(-c7ccc8ccccc8c7)cc6)c6ccc7c8ccccc8n(-c8ccccc8)c7c6)cc5)ccc43)o2)cc1. The highest BCUT2D eigenvalue weighted by molar-refractivity contribution is 6.10. The summed E-state index contributed by atoms with van der Waals surface area (Å²) >= 11 is 0. The lowest BCUT2D eigenvalue weighted by Crippen LogP contribution is -2.10. The van der Waals surface area contributed by atoms with Crippen molar-refractivity contribution in [2.75, 3.05) is 4.90 Å². The van der Waals surface area contributed by atoms with Crippen LogP contribution >= 0.6 is 0 Å². The van der Waals surface area contributed by atoms with Crippen molar-refractivity contribution in [1.29, 1.82) is 0 Å². The van der Waals surface area contributed by atoms with Gasteiger partial charge < -0.3 is 13.9 Å². The van der Waals surface area contributed by atoms with Gasteiger partial charge in [0.2, 0.25) is 5.89 Å². The van der Waals surface area contributed by atoms with Crippen molar-refractivity contribution in [3.63, 3.8) is 0 Å². The quantitative estimate of drug-likeness (QED) is 0.162. The number of hydrogen-bond acceptors (Lipinski definition) is 3. The van der Waals surface area contributed by atoms with Crippen molar-refractivity contribution in [3.05, 3.63) is 224 Å². The van der Waals surface area contributed by atoms with Gasteiger partial charge in [0, 0.05) is 44.5 Å². The van der Waals surface area contributed by atoms with Gasteiger partial charge in [-0.15, -0.1) is 0 Å². The van der Waals surface area contributed by atoms with Crippen LogP contribution in [0.15, 0.2) is 229 Å². The molecule has 0 saturated heterocycles. The third-order valence-corrected chi connectivity index (χ3v) is 12.0. The van der Waals surface area contributed by atoms with E-state index in [1.807, 2.05) is 36.4 Å². The Balaban J connectivity index is 0.957. The van der Waals surface area contributed by atoms with Crippen LogP contribution in [-0.4, -0.2) is 9.55 Å². The fourth-order valence-corrected chi connectivity index (χ4v) is 8.98. The van der Waals surface area contributed by atoms with Gasteiger partial charge in [0.05, 0.1) is 11.0 Å². The summed E-state index contributed by atoms with van der Waals surface area (Å²) in [6, 6.07) is 80.2. The van der Waals surface area contributed by atoms with Crippen LogP contribution in [-0.2, 0) is 0 Å². The first kappa shape index (κ1) is 34.8. The Morgan fingerprint density at radius 3 is 1.67 bits per heavy atom. The third-order valence-electron chi connectivity index (χ3n) is 12.0. The van der Waals surface area contributed by atoms with E-state index >= 15 is 0 Å². The molecule has 4 heteroatoms. The number of rotatable bonds is 7. The Hall–Kier alpha value is -8.21. The number of hydrogen-bond donors (Lipinski definition) is 0. The van der Waals surface area contributed by atoms with Gasteiger partial charge in [0.1, 0.15) is 5.52 Å². The average molecular weight is 780 g/mol. The van der Waals surface area contributed by atoms with Crippen LogP contribution in [0.1, 0.15) is 0 Å². The van der Waals surface area contributed by atoms with Gasteiger partial charge in [-0.1, -0.05) is 140 Å². The van der Waals surface area contributed by atoms with E-state index in [-0.39, 0.29) is 0 Å². The summed E-state index contributed by atoms with van der Waals surface area (Å²) in [6.07, 6.45) is 0. The molecule has 0 fully saturated rings. The van der Waals surface area contributed by atoms with Gasteiger partial charge in [-0.05, 0) is 123 Å². The monoisotopic (exact) mass is 779 g/mol. The minimum Gasteiger partial charge on any atom is -0.436 e. The van der Waals surface area contributed by atoms with Crippen LogP contribution in [0.4, 0.5) is 17.1 Å². The zero-order chi connectivity index (χ0) is 40.3. The number of oxazole rings is 1. The lowest BCUT2D eigenvalue weighted by Gasteiger charge is -2.26. The Morgan fingerprint density at radius 1 is 0.361 bits per heavy atom. The molecule has 286 valence electrons. The molecular weight excluding hydrogens is 743 g/mol. The second-order valence-electron chi connectivity index (χ2n) is 15.6. The predicted molar refractivity (Wildman–Crippen MR) is 254 cm³/mol. The van der Waals surface area contributed by atoms with Crippen LogP contribution in [0.2, 0.25) is 0 Å². The van der Waals surface area contributed by atoms with Crippen LogP contribution < -0.4 is 4.90 Å². The lowest BCUT2D eigenvalue weighted by molar-refractivity contribution is 0.620. The van der Waals surface area contributed by atoms with E-state index in [0.717, 1.165) is 66.8 Å². The number of fused-ring (bicyclic) bond motifs is 7. The van der Waals surface area contributed by atoms with Crippen molar-refractivity contribution in [3.8, 4) is 39.4 Å². The van der Waals surface area contributed by atoms with Crippen molar-refractivity contribution >= 4 is 71.5 Å². The number of benzene rings is 10. The molecular formula is C57H37N3O. The van der Waals surface area contributed by atoms with Gasteiger partial charge in [-0.25, -0.2) is 4.98 Å². The largest absolute Gasteiger partial charge is 0.436 e. The first-order valence-corrected chi connectivity index (χ1v) is 20.7. The average Bonchev–Trinajstić information content (AvgIpc) is 3.92. The molecule has 0 aliphatic heterocycles. The normalized spacial score (nSPS) is 11.6. The molecule has 0 aliphatic carbocycles. The number of aromatic nitrogens is 2. The molecule has 0 saturated carbocycles. The Morgan fingerprint density at radius 2 is 0.918 bits per heavy atom. The topological polar surface area (TPSA) is 34.2 Å². The molecule has 0 unspecified atom stereocenters. The Bertz CT molecular complexity index is 3570. The lowest BCUT2D eigenvalue weighted by atomic mass is 9.99. The van der Waals surface area contributed by atoms with E-state index < -0.39 is 0 Å². The molecule has 0 amide bonds. The summed E-state index contributed by atoms with van der Waals surface area (Å²) in [6.45, 7) is 0. The predicted octanol–water partition coefficient (Wildman–Crippen LogP) is 15.7. The van der Waals surface area contributed by atoms with Gasteiger partial charge in [-0.2, -0.15) is 0 Å². The van der Waals surface area contributed by atoms with Crippen molar-refractivity contribution in [2.45, 2.75) is 0 Å². The molecule has 0 spiro atoms. The molecule has 61 heavy (non-hydrogen) atoms. The van der Waals surface area contributed by atoms with Gasteiger partial charge >= 0.3 is 0 Å². The maximum absolute atomic E-state index is 6.18. The summed E-state index contributed by atoms with van der Waals surface area (Å²) in [7, 11) is 0. The van der Waals surface area contributed by atoms with Gasteiger partial charge in [-0.3, -0.25) is 0 Å². The minimum absolute atomic E-state index is 0.635. The second kappa shape index (κ2) is 14.3. The number of para-hydroxylation sites is 2. The van der Waals surface area contributed by atoms with Gasteiger partial charge in [0.15, 0.2) is 5.58 Å². The summed E-state index contributed by atoms with van der Waals surface area (Å²) in [5.41, 5.74) is 14.0. The van der Waals surface area contributed by atoms with Crippen molar-refractivity contribution in [2.24, 2.45) is 0 Å². The first-order valence-electron chi connectivity index (χ1n) is 20.7. The van der Waals surface area contributed by atoms with E-state index in [0.29, 0.717) is 5.89 Å². The Labute approximate surface area is 352 Å². The fourth-order valence-electron chi connectivity index (χ4n) is 8.98. The molecule has 0 radical (unpaired) electrons. The van der Waals surface area contributed by atoms with Crippen LogP contribution in [0.3, 0.4) is 0 Å². The third kappa shape index (κ3) is 6.04. The van der Waals surface area contributed by atoms with Crippen LogP contribution in [0.5, 0.6) is 0 Å². The molecule has 2 aromatic heterocycles. The molecule has 0 atom stereocenters. The highest BCUT2D eigenvalue weighted by atomic mass is 16.3. The molecule has 0 bridgehead atoms. The highest BCUT2D eigenvalue weighted by Crippen LogP contribution is 2.41. The highest BCUT2D eigenvalue weighted by Gasteiger charge is 2.19. The molecule has 4 nitrogen and oxygen atoms in total. The van der Waals surface area contributed by atoms with E-state index in [1.54, 1.807) is 0 Å². The zero-order valence-corrected chi connectivity index (χ0v) is 33.1. The van der Waals surface area contributed by atoms with Crippen LogP contribution in [0, 0.1) is 0 Å². The zero-order valence-electron chi connectivity index (χ0n) is 33.1. The van der Waals surface area contributed by atoms with E-state index in [2.05, 4.69) is 198 Å². The summed E-state index contributed by atoms with van der Waals surface area (Å²) in [5, 5.41) is 7.14. The Kier molecular flexibility index (Phi) is 8.13. The van der Waals surface area contributed by atoms with Crippen molar-refractivity contribution < 1.29 is 4.42 Å². The standard InChI is InChI=1S/C57H37N3O/c1-3-12-41(13-4-1)57-58-56-50-32-25-44(36-45(50)26-34-55(56)61-57)40-23-29-48(30-24-40)59(47-27-21-39(22-28-47)43-20-19-38-11-7-8-14-42(38)35-43)49-31-33-52-51-17-9-10-18-53(51)60(54(52)37-49)46-15-5-2-6-16-46/h1-37H. The summed E-state index contributed by atoms with van der Waals surface area (Å²) in [4.78, 5) is 7.28. The first-order chi connectivity index (χ1) is 30.2. The van der Waals surface area contributed by atoms with E-state index in [1.165, 1.54) is 38.2 Å². The molecule has 12 aromatic rings. The molecule has 0 N–H and O–H groups in total. The van der Waals surface area contributed by atoms with E-state index in [9.17, 15) is 0 Å². The van der Waals surface area contributed by atoms with E-state index in [4.69, 9.17) is 9.40 Å². The number of anilines is 3. The number of nitrogens with zero attached hydrogens (tertiary/aromatic N) is 3. The fraction of sp³-hybridized carbons (Fsp3) is 0. The molecule has 0 aliphatic rings. The minimum atomic E-state index is 0.635. The molecule has 12 rings (SSSR count). The van der Waals surface area contributed by atoms with Crippen molar-refractivity contribution in [1.82, 2.24) is 9.55 Å². The smallest absolute Gasteiger partial charge is 0.227 e. The summed E-state index contributed by atoms with van der Waals surface area (Å²) < 4.78 is 8.56. The molecule has 10 aromatic carbocycles. The molecule has 2 heterocycles. The maximum atomic E-state index is 6.18.